The number of aromatic amines is 1. The smallest absolute Gasteiger partial charge is 0.389 e. The molecule has 0 aliphatic carbocycles. The zero-order chi connectivity index (χ0) is 15.1. The van der Waals surface area contributed by atoms with E-state index in [1.54, 1.807) is 0 Å². The van der Waals surface area contributed by atoms with E-state index in [0.29, 0.717) is 11.5 Å². The molecule has 1 N–H and O–H groups in total. The number of aromatic nitrogens is 2. The van der Waals surface area contributed by atoms with Gasteiger partial charge in [0, 0.05) is 19.2 Å². The highest BCUT2D eigenvalue weighted by molar-refractivity contribution is 8.13. The van der Waals surface area contributed by atoms with Crippen LogP contribution in [-0.4, -0.2) is 20.4 Å². The minimum absolute atomic E-state index is 0.0940. The number of aryl methyl sites for hydroxylation is 1. The van der Waals surface area contributed by atoms with Crippen LogP contribution in [0.1, 0.15) is 31.5 Å². The topological polar surface area (TPSA) is 59.4 Å². The molecule has 1 aliphatic rings. The molecule has 0 radical (unpaired) electrons. The van der Waals surface area contributed by atoms with Gasteiger partial charge in [0.2, 0.25) is 0 Å². The van der Waals surface area contributed by atoms with Gasteiger partial charge in [0.25, 0.3) is 5.56 Å². The molecule has 5 nitrogen and oxygen atoms in total. The van der Waals surface area contributed by atoms with Crippen LogP contribution < -0.4 is 5.56 Å². The number of hydrogen-bond donors (Lipinski definition) is 1. The van der Waals surface area contributed by atoms with E-state index < -0.39 is 23.0 Å². The Hall–Kier alpha value is -1.38. The number of nitrogens with one attached hydrogen (secondary N) is 1. The summed E-state index contributed by atoms with van der Waals surface area (Å²) in [4.78, 5) is 16.8. The maximum atomic E-state index is 12.8. The van der Waals surface area contributed by atoms with Crippen LogP contribution in [0.25, 0.3) is 0 Å². The van der Waals surface area contributed by atoms with Crippen LogP contribution in [0.4, 0.5) is 13.2 Å². The van der Waals surface area contributed by atoms with E-state index in [0.717, 1.165) is 16.4 Å². The highest BCUT2D eigenvalue weighted by atomic mass is 32.2. The summed E-state index contributed by atoms with van der Waals surface area (Å²) >= 11 is 1.09. The third kappa shape index (κ3) is 3.02. The highest BCUT2D eigenvalue weighted by Crippen LogP contribution is 2.33. The largest absolute Gasteiger partial charge is 0.433 e. The fourth-order valence-electron chi connectivity index (χ4n) is 1.80. The quantitative estimate of drug-likeness (QED) is 0.913. The second-order valence-electron chi connectivity index (χ2n) is 5.13. The van der Waals surface area contributed by atoms with Crippen molar-refractivity contribution in [1.29, 1.82) is 0 Å². The standard InChI is InChI=1S/C11H14F3N3O2S/c1-10(2)4-7(16-19-10)20-5-6-8(11(12,13)14)15-17(3)9(6)18/h15H,4-5H2,1-3H3. The lowest BCUT2D eigenvalue weighted by molar-refractivity contribution is -0.141. The Kier molecular flexibility index (Phi) is 3.66. The van der Waals surface area contributed by atoms with Crippen molar-refractivity contribution >= 4 is 16.8 Å². The molecule has 2 heterocycles. The number of alkyl halides is 3. The van der Waals surface area contributed by atoms with Crippen LogP contribution >= 0.6 is 11.8 Å². The van der Waals surface area contributed by atoms with E-state index >= 15 is 0 Å². The van der Waals surface area contributed by atoms with E-state index in [1.165, 1.54) is 7.05 Å². The number of oxime groups is 1. The Morgan fingerprint density at radius 3 is 2.65 bits per heavy atom. The van der Waals surface area contributed by atoms with Gasteiger partial charge in [-0.1, -0.05) is 5.16 Å². The molecule has 9 heteroatoms. The number of halogens is 3. The molecule has 0 amide bonds. The number of rotatable bonds is 2. The van der Waals surface area contributed by atoms with Crippen LogP contribution in [0.15, 0.2) is 9.95 Å². The average Bonchev–Trinajstić information content (AvgIpc) is 2.78. The van der Waals surface area contributed by atoms with Crippen molar-refractivity contribution in [1.82, 2.24) is 9.78 Å². The number of nitrogens with zero attached hydrogens (tertiary/aromatic N) is 2. The van der Waals surface area contributed by atoms with E-state index in [-0.39, 0.29) is 11.3 Å². The first kappa shape index (κ1) is 15.0. The van der Waals surface area contributed by atoms with Gasteiger partial charge in [-0.3, -0.25) is 14.6 Å². The van der Waals surface area contributed by atoms with Crippen LogP contribution in [0.2, 0.25) is 0 Å². The molecule has 1 aromatic rings. The van der Waals surface area contributed by atoms with Crippen molar-refractivity contribution in [2.45, 2.75) is 37.8 Å². The number of H-pyrrole nitrogens is 1. The predicted molar refractivity (Wildman–Crippen MR) is 69.5 cm³/mol. The van der Waals surface area contributed by atoms with Crippen molar-refractivity contribution in [3.05, 3.63) is 21.6 Å². The van der Waals surface area contributed by atoms with Gasteiger partial charge in [-0.15, -0.1) is 11.8 Å². The van der Waals surface area contributed by atoms with Gasteiger partial charge in [-0.2, -0.15) is 13.2 Å². The third-order valence-corrected chi connectivity index (χ3v) is 3.77. The van der Waals surface area contributed by atoms with Gasteiger partial charge in [-0.25, -0.2) is 0 Å². The van der Waals surface area contributed by atoms with Crippen LogP contribution in [0, 0.1) is 0 Å². The van der Waals surface area contributed by atoms with Gasteiger partial charge in [0.1, 0.15) is 16.3 Å². The van der Waals surface area contributed by atoms with E-state index in [2.05, 4.69) is 5.16 Å². The summed E-state index contributed by atoms with van der Waals surface area (Å²) in [5.74, 6) is -0.0940. The summed E-state index contributed by atoms with van der Waals surface area (Å²) in [5.41, 5.74) is -2.42. The molecule has 1 aliphatic heterocycles. The van der Waals surface area contributed by atoms with Gasteiger partial charge >= 0.3 is 6.18 Å². The highest BCUT2D eigenvalue weighted by Gasteiger charge is 2.38. The molecule has 0 bridgehead atoms. The summed E-state index contributed by atoms with van der Waals surface area (Å²) in [6.07, 6.45) is -4.06. The molecule has 0 fully saturated rings. The van der Waals surface area contributed by atoms with E-state index in [4.69, 9.17) is 4.84 Å². The summed E-state index contributed by atoms with van der Waals surface area (Å²) in [6.45, 7) is 3.67. The summed E-state index contributed by atoms with van der Waals surface area (Å²) < 4.78 is 39.3. The van der Waals surface area contributed by atoms with Gasteiger partial charge in [-0.05, 0) is 13.8 Å². The molecule has 0 unspecified atom stereocenters. The summed E-state index contributed by atoms with van der Waals surface area (Å²) in [6, 6.07) is 0. The van der Waals surface area contributed by atoms with E-state index in [9.17, 15) is 18.0 Å². The molecule has 2 rings (SSSR count). The van der Waals surface area contributed by atoms with Crippen LogP contribution in [0.5, 0.6) is 0 Å². The summed E-state index contributed by atoms with van der Waals surface area (Å²) in [5, 5.41) is 6.44. The Morgan fingerprint density at radius 2 is 2.15 bits per heavy atom. The van der Waals surface area contributed by atoms with Gasteiger partial charge < -0.3 is 4.84 Å². The molecule has 0 saturated carbocycles. The SMILES string of the molecule is Cn1[nH]c(C(F)(F)F)c(CSC2=NOC(C)(C)C2)c1=O. The maximum absolute atomic E-state index is 12.8. The first-order valence-electron chi connectivity index (χ1n) is 5.83. The van der Waals surface area contributed by atoms with Crippen molar-refractivity contribution in [3.63, 3.8) is 0 Å². The molecule has 0 atom stereocenters. The van der Waals surface area contributed by atoms with Crippen LogP contribution in [-0.2, 0) is 23.8 Å². The van der Waals surface area contributed by atoms with Crippen molar-refractivity contribution in [2.75, 3.05) is 0 Å². The molecule has 0 saturated heterocycles. The summed E-state index contributed by atoms with van der Waals surface area (Å²) in [7, 11) is 1.26. The zero-order valence-corrected chi connectivity index (χ0v) is 12.0. The lowest BCUT2D eigenvalue weighted by atomic mass is 10.1. The van der Waals surface area contributed by atoms with E-state index in [1.807, 2.05) is 18.9 Å². The maximum Gasteiger partial charge on any atom is 0.433 e. The van der Waals surface area contributed by atoms with Crippen molar-refractivity contribution in [3.8, 4) is 0 Å². The van der Waals surface area contributed by atoms with Gasteiger partial charge in [0.15, 0.2) is 0 Å². The molecular weight excluding hydrogens is 295 g/mol. The fraction of sp³-hybridized carbons (Fsp3) is 0.636. The lowest BCUT2D eigenvalue weighted by Crippen LogP contribution is -2.18. The number of thioether (sulfide) groups is 1. The van der Waals surface area contributed by atoms with Crippen molar-refractivity contribution < 1.29 is 18.0 Å². The zero-order valence-electron chi connectivity index (χ0n) is 11.2. The monoisotopic (exact) mass is 309 g/mol. The minimum atomic E-state index is -4.58. The average molecular weight is 309 g/mol. The molecule has 0 aromatic carbocycles. The second-order valence-corrected chi connectivity index (χ2v) is 6.18. The Balaban J connectivity index is 2.17. The number of hydrogen-bond acceptors (Lipinski definition) is 4. The minimum Gasteiger partial charge on any atom is -0.389 e. The van der Waals surface area contributed by atoms with Crippen molar-refractivity contribution in [2.24, 2.45) is 12.2 Å². The molecule has 0 spiro atoms. The first-order chi connectivity index (χ1) is 9.10. The third-order valence-electron chi connectivity index (χ3n) is 2.78. The molecule has 1 aromatic heterocycles. The van der Waals surface area contributed by atoms with Gasteiger partial charge in [0.05, 0.1) is 5.56 Å². The molecule has 20 heavy (non-hydrogen) atoms. The predicted octanol–water partition coefficient (Wildman–Crippen LogP) is 2.48. The second kappa shape index (κ2) is 4.87. The van der Waals surface area contributed by atoms with Crippen LogP contribution in [0.3, 0.4) is 0 Å². The molecular formula is C11H14F3N3O2S. The Morgan fingerprint density at radius 1 is 1.50 bits per heavy atom. The Bertz CT molecular complexity index is 601. The fourth-order valence-corrected chi connectivity index (χ4v) is 2.92. The lowest BCUT2D eigenvalue weighted by Gasteiger charge is -2.13. The molecule has 112 valence electrons. The normalized spacial score (nSPS) is 18.0. The first-order valence-corrected chi connectivity index (χ1v) is 6.81. The Labute approximate surface area is 117 Å².